The van der Waals surface area contributed by atoms with Crippen molar-refractivity contribution >= 4 is 22.8 Å². The summed E-state index contributed by atoms with van der Waals surface area (Å²) in [7, 11) is 0. The predicted molar refractivity (Wildman–Crippen MR) is 89.3 cm³/mol. The van der Waals surface area contributed by atoms with Crippen LogP contribution in [0, 0.1) is 0 Å². The second-order valence-electron chi connectivity index (χ2n) is 6.31. The number of anilines is 3. The Kier molecular flexibility index (Phi) is 4.03. The summed E-state index contributed by atoms with van der Waals surface area (Å²) in [6.07, 6.45) is 0. The van der Waals surface area contributed by atoms with Gasteiger partial charge in [0.2, 0.25) is 0 Å². The van der Waals surface area contributed by atoms with E-state index >= 15 is 0 Å². The molecule has 0 heterocycles. The lowest BCUT2D eigenvalue weighted by molar-refractivity contribution is 0.101. The van der Waals surface area contributed by atoms with Gasteiger partial charge in [-0.3, -0.25) is 4.79 Å². The number of nitrogen functional groups attached to an aromatic ring is 1. The lowest BCUT2D eigenvalue weighted by Gasteiger charge is -2.19. The van der Waals surface area contributed by atoms with E-state index in [1.165, 1.54) is 12.5 Å². The van der Waals surface area contributed by atoms with Crippen LogP contribution in [0.1, 0.15) is 43.6 Å². The molecule has 0 aliphatic rings. The van der Waals surface area contributed by atoms with Crippen LogP contribution in [0.5, 0.6) is 0 Å². The largest absolute Gasteiger partial charge is 0.398 e. The van der Waals surface area contributed by atoms with E-state index in [0.717, 1.165) is 11.4 Å². The van der Waals surface area contributed by atoms with Crippen LogP contribution in [-0.4, -0.2) is 5.78 Å². The molecule has 0 spiro atoms. The number of carbonyl (C=O) groups is 1. The fraction of sp³-hybridized carbons (Fsp3) is 0.278. The second kappa shape index (κ2) is 5.60. The number of carbonyl (C=O) groups excluding carboxylic acids is 1. The Labute approximate surface area is 126 Å². The average Bonchev–Trinajstić information content (AvgIpc) is 2.38. The third-order valence-corrected chi connectivity index (χ3v) is 3.47. The highest BCUT2D eigenvalue weighted by atomic mass is 16.1. The molecule has 0 fully saturated rings. The van der Waals surface area contributed by atoms with Gasteiger partial charge in [0.25, 0.3) is 0 Å². The summed E-state index contributed by atoms with van der Waals surface area (Å²) in [5.74, 6) is -0.0198. The first-order valence-corrected chi connectivity index (χ1v) is 7.05. The summed E-state index contributed by atoms with van der Waals surface area (Å²) in [4.78, 5) is 11.4. The molecule has 2 aromatic rings. The number of nitrogens with two attached hydrogens (primary N) is 1. The Balaban J connectivity index is 2.19. The van der Waals surface area contributed by atoms with Crippen molar-refractivity contribution in [2.75, 3.05) is 11.1 Å². The van der Waals surface area contributed by atoms with Crippen molar-refractivity contribution in [3.8, 4) is 0 Å². The Bertz CT molecular complexity index is 652. The summed E-state index contributed by atoms with van der Waals surface area (Å²) >= 11 is 0. The van der Waals surface area contributed by atoms with Crippen LogP contribution in [0.25, 0.3) is 0 Å². The first-order chi connectivity index (χ1) is 9.77. The Hall–Kier alpha value is -2.29. The Morgan fingerprint density at radius 2 is 1.57 bits per heavy atom. The zero-order chi connectivity index (χ0) is 15.6. The van der Waals surface area contributed by atoms with E-state index in [1.54, 1.807) is 12.1 Å². The summed E-state index contributed by atoms with van der Waals surface area (Å²) in [5.41, 5.74) is 10.3. The van der Waals surface area contributed by atoms with Crippen molar-refractivity contribution in [2.45, 2.75) is 33.1 Å². The number of ketones is 1. The predicted octanol–water partition coefficient (Wildman–Crippen LogP) is 4.51. The van der Waals surface area contributed by atoms with Crippen molar-refractivity contribution in [2.24, 2.45) is 0 Å². The Morgan fingerprint density at radius 3 is 2.05 bits per heavy atom. The molecule has 0 radical (unpaired) electrons. The fourth-order valence-electron chi connectivity index (χ4n) is 2.18. The van der Waals surface area contributed by atoms with Crippen molar-refractivity contribution in [3.05, 3.63) is 53.6 Å². The maximum atomic E-state index is 11.4. The molecule has 0 saturated heterocycles. The highest BCUT2D eigenvalue weighted by molar-refractivity contribution is 5.99. The zero-order valence-electron chi connectivity index (χ0n) is 13.0. The number of benzene rings is 2. The summed E-state index contributed by atoms with van der Waals surface area (Å²) in [5, 5.41) is 3.30. The van der Waals surface area contributed by atoms with Crippen molar-refractivity contribution in [1.82, 2.24) is 0 Å². The number of hydrogen-bond donors (Lipinski definition) is 2. The number of hydrogen-bond acceptors (Lipinski definition) is 3. The van der Waals surface area contributed by atoms with Gasteiger partial charge in [0.15, 0.2) is 5.78 Å². The molecule has 3 N–H and O–H groups in total. The highest BCUT2D eigenvalue weighted by Gasteiger charge is 2.12. The average molecular weight is 282 g/mol. The highest BCUT2D eigenvalue weighted by Crippen LogP contribution is 2.26. The van der Waals surface area contributed by atoms with E-state index in [2.05, 4.69) is 50.4 Å². The van der Waals surface area contributed by atoms with Crippen LogP contribution in [0.2, 0.25) is 0 Å². The van der Waals surface area contributed by atoms with Crippen LogP contribution >= 0.6 is 0 Å². The third kappa shape index (κ3) is 3.63. The first-order valence-electron chi connectivity index (χ1n) is 7.05. The molecule has 0 aliphatic heterocycles. The molecule has 0 saturated carbocycles. The van der Waals surface area contributed by atoms with E-state index < -0.39 is 0 Å². The number of nitrogens with one attached hydrogen (secondary N) is 1. The van der Waals surface area contributed by atoms with Gasteiger partial charge >= 0.3 is 0 Å². The molecule has 3 heteroatoms. The zero-order valence-corrected chi connectivity index (χ0v) is 13.0. The molecule has 3 nitrogen and oxygen atoms in total. The van der Waals surface area contributed by atoms with Crippen molar-refractivity contribution in [3.63, 3.8) is 0 Å². The van der Waals surface area contributed by atoms with Gasteiger partial charge < -0.3 is 11.1 Å². The Morgan fingerprint density at radius 1 is 1.00 bits per heavy atom. The smallest absolute Gasteiger partial charge is 0.161 e. The molecule has 110 valence electrons. The van der Waals surface area contributed by atoms with Gasteiger partial charge in [0.1, 0.15) is 0 Å². The molecule has 21 heavy (non-hydrogen) atoms. The van der Waals surface area contributed by atoms with Gasteiger partial charge in [-0.1, -0.05) is 32.9 Å². The van der Waals surface area contributed by atoms with Gasteiger partial charge in [-0.05, 0) is 48.2 Å². The van der Waals surface area contributed by atoms with Gasteiger partial charge in [0, 0.05) is 22.6 Å². The van der Waals surface area contributed by atoms with Crippen LogP contribution < -0.4 is 11.1 Å². The lowest BCUT2D eigenvalue weighted by atomic mass is 9.87. The molecular weight excluding hydrogens is 260 g/mol. The molecule has 2 aromatic carbocycles. The minimum absolute atomic E-state index is 0.0198. The molecule has 0 aliphatic carbocycles. The normalized spacial score (nSPS) is 11.2. The van der Waals surface area contributed by atoms with E-state index in [-0.39, 0.29) is 11.2 Å². The first kappa shape index (κ1) is 15.1. The van der Waals surface area contributed by atoms with Crippen LogP contribution in [0.15, 0.2) is 42.5 Å². The molecule has 2 rings (SSSR count). The summed E-state index contributed by atoms with van der Waals surface area (Å²) in [6.45, 7) is 8.09. The molecular formula is C18H22N2O. The molecule has 0 aromatic heterocycles. The van der Waals surface area contributed by atoms with Crippen molar-refractivity contribution < 1.29 is 4.79 Å². The van der Waals surface area contributed by atoms with Gasteiger partial charge in [-0.2, -0.15) is 0 Å². The lowest BCUT2D eigenvalue weighted by Crippen LogP contribution is -2.10. The maximum absolute atomic E-state index is 11.4. The van der Waals surface area contributed by atoms with E-state index in [0.29, 0.717) is 11.3 Å². The van der Waals surface area contributed by atoms with Gasteiger partial charge in [-0.25, -0.2) is 0 Å². The quantitative estimate of drug-likeness (QED) is 0.643. The standard InChI is InChI=1S/C18H22N2O/c1-12(21)16-10-9-15(11-17(16)19)20-14-7-5-13(6-8-14)18(2,3)4/h5-11,20H,19H2,1-4H3. The van der Waals surface area contributed by atoms with Crippen LogP contribution in [0.3, 0.4) is 0 Å². The van der Waals surface area contributed by atoms with Crippen molar-refractivity contribution in [1.29, 1.82) is 0 Å². The van der Waals surface area contributed by atoms with Crippen LogP contribution in [0.4, 0.5) is 17.1 Å². The van der Waals surface area contributed by atoms with E-state index in [1.807, 2.05) is 6.07 Å². The van der Waals surface area contributed by atoms with Gasteiger partial charge in [0.05, 0.1) is 0 Å². The molecule has 0 bridgehead atoms. The fourth-order valence-corrected chi connectivity index (χ4v) is 2.18. The second-order valence-corrected chi connectivity index (χ2v) is 6.31. The van der Waals surface area contributed by atoms with E-state index in [9.17, 15) is 4.79 Å². The number of Topliss-reactive ketones (excluding diaryl/α,β-unsaturated/α-hetero) is 1. The third-order valence-electron chi connectivity index (χ3n) is 3.47. The molecule has 0 amide bonds. The molecule has 0 unspecified atom stereocenters. The monoisotopic (exact) mass is 282 g/mol. The maximum Gasteiger partial charge on any atom is 0.161 e. The minimum atomic E-state index is -0.0198. The van der Waals surface area contributed by atoms with Gasteiger partial charge in [-0.15, -0.1) is 0 Å². The molecule has 0 atom stereocenters. The van der Waals surface area contributed by atoms with Crippen LogP contribution in [-0.2, 0) is 5.41 Å². The van der Waals surface area contributed by atoms with E-state index in [4.69, 9.17) is 5.73 Å². The summed E-state index contributed by atoms with van der Waals surface area (Å²) in [6, 6.07) is 13.7. The topological polar surface area (TPSA) is 55.1 Å². The minimum Gasteiger partial charge on any atom is -0.398 e. The SMILES string of the molecule is CC(=O)c1ccc(Nc2ccc(C(C)(C)C)cc2)cc1N. The summed E-state index contributed by atoms with van der Waals surface area (Å²) < 4.78 is 0. The number of rotatable bonds is 3.